The highest BCUT2D eigenvalue weighted by Crippen LogP contribution is 2.52. The van der Waals surface area contributed by atoms with Crippen molar-refractivity contribution in [1.82, 2.24) is 0 Å². The van der Waals surface area contributed by atoms with Crippen LogP contribution >= 0.6 is 7.60 Å². The fourth-order valence-electron chi connectivity index (χ4n) is 1.34. The molecule has 16 heavy (non-hydrogen) atoms. The average molecular weight is 246 g/mol. The van der Waals surface area contributed by atoms with E-state index in [0.717, 1.165) is 5.56 Å². The minimum Gasteiger partial charge on any atom is -0.322 e. The van der Waals surface area contributed by atoms with Gasteiger partial charge in [0.25, 0.3) is 0 Å². The van der Waals surface area contributed by atoms with Crippen molar-refractivity contribution >= 4 is 7.60 Å². The van der Waals surface area contributed by atoms with Crippen molar-refractivity contribution in [3.05, 3.63) is 35.4 Å². The lowest BCUT2D eigenvalue weighted by Gasteiger charge is -2.19. The molecule has 0 radical (unpaired) electrons. The number of alkyl halides is 1. The first-order valence-corrected chi connectivity index (χ1v) is 6.60. The molecule has 1 aromatic carbocycles. The molecule has 0 saturated heterocycles. The summed E-state index contributed by atoms with van der Waals surface area (Å²) in [6.45, 7) is 6.04. The molecule has 0 bridgehead atoms. The predicted octanol–water partition coefficient (Wildman–Crippen LogP) is 3.13. The smallest absolute Gasteiger partial charge is 0.322 e. The van der Waals surface area contributed by atoms with Crippen molar-refractivity contribution in [2.75, 3.05) is 0 Å². The molecule has 0 heterocycles. The molecule has 0 spiro atoms. The zero-order valence-corrected chi connectivity index (χ0v) is 10.4. The SMILES string of the molecule is CC(C)(C)c1ccc(C(F)P(=O)(O)O)cc1. The number of rotatable bonds is 2. The van der Waals surface area contributed by atoms with Gasteiger partial charge in [-0.3, -0.25) is 4.57 Å². The van der Waals surface area contributed by atoms with Gasteiger partial charge in [-0.1, -0.05) is 45.0 Å². The van der Waals surface area contributed by atoms with Gasteiger partial charge in [-0.05, 0) is 16.5 Å². The van der Waals surface area contributed by atoms with Crippen LogP contribution in [0.5, 0.6) is 0 Å². The van der Waals surface area contributed by atoms with Gasteiger partial charge in [-0.25, -0.2) is 4.39 Å². The zero-order valence-electron chi connectivity index (χ0n) is 9.51. The Morgan fingerprint density at radius 3 is 1.94 bits per heavy atom. The van der Waals surface area contributed by atoms with Gasteiger partial charge in [0, 0.05) is 0 Å². The Bertz CT molecular complexity index is 402. The van der Waals surface area contributed by atoms with Gasteiger partial charge < -0.3 is 9.79 Å². The van der Waals surface area contributed by atoms with E-state index < -0.39 is 13.5 Å². The van der Waals surface area contributed by atoms with Crippen molar-refractivity contribution in [3.63, 3.8) is 0 Å². The second-order valence-corrected chi connectivity index (χ2v) is 6.43. The van der Waals surface area contributed by atoms with Crippen molar-refractivity contribution in [2.24, 2.45) is 0 Å². The van der Waals surface area contributed by atoms with Crippen LogP contribution in [0.1, 0.15) is 37.8 Å². The number of hydrogen-bond acceptors (Lipinski definition) is 1. The molecule has 2 N–H and O–H groups in total. The fraction of sp³-hybridized carbons (Fsp3) is 0.455. The molecule has 1 rings (SSSR count). The Morgan fingerprint density at radius 2 is 1.62 bits per heavy atom. The Kier molecular flexibility index (Phi) is 3.58. The van der Waals surface area contributed by atoms with Crippen molar-refractivity contribution in [2.45, 2.75) is 32.1 Å². The minimum absolute atomic E-state index is 0.0151. The number of halogens is 1. The molecule has 0 fully saturated rings. The molecule has 90 valence electrons. The Morgan fingerprint density at radius 1 is 1.19 bits per heavy atom. The minimum atomic E-state index is -4.70. The summed E-state index contributed by atoms with van der Waals surface area (Å²) in [7, 11) is -4.70. The third kappa shape index (κ3) is 3.14. The normalized spacial score (nSPS) is 14.9. The van der Waals surface area contributed by atoms with Crippen molar-refractivity contribution in [3.8, 4) is 0 Å². The lowest BCUT2D eigenvalue weighted by molar-refractivity contribution is 0.303. The second kappa shape index (κ2) is 4.28. The summed E-state index contributed by atoms with van der Waals surface area (Å²) in [5.41, 5.74) is 0.947. The molecular weight excluding hydrogens is 230 g/mol. The molecule has 1 aromatic rings. The van der Waals surface area contributed by atoms with E-state index in [1.165, 1.54) is 12.1 Å². The van der Waals surface area contributed by atoms with E-state index in [9.17, 15) is 8.96 Å². The summed E-state index contributed by atoms with van der Waals surface area (Å²) in [5.74, 6) is -2.23. The molecule has 0 aromatic heterocycles. The van der Waals surface area contributed by atoms with E-state index in [-0.39, 0.29) is 11.0 Å². The number of hydrogen-bond donors (Lipinski definition) is 2. The van der Waals surface area contributed by atoms with Crippen LogP contribution in [0.4, 0.5) is 4.39 Å². The van der Waals surface area contributed by atoms with Crippen molar-refractivity contribution < 1.29 is 18.7 Å². The first kappa shape index (κ1) is 13.4. The predicted molar refractivity (Wildman–Crippen MR) is 61.0 cm³/mol. The molecule has 5 heteroatoms. The van der Waals surface area contributed by atoms with Crippen LogP contribution in [0.3, 0.4) is 0 Å². The van der Waals surface area contributed by atoms with Gasteiger partial charge in [0.05, 0.1) is 0 Å². The molecule has 0 aliphatic heterocycles. The maximum Gasteiger partial charge on any atom is 0.363 e. The maximum absolute atomic E-state index is 13.3. The van der Waals surface area contributed by atoms with Gasteiger partial charge in [0.1, 0.15) is 0 Å². The molecule has 3 nitrogen and oxygen atoms in total. The Balaban J connectivity index is 3.01. The Labute approximate surface area is 94.5 Å². The van der Waals surface area contributed by atoms with Crippen molar-refractivity contribution in [1.29, 1.82) is 0 Å². The van der Waals surface area contributed by atoms with Crippen LogP contribution < -0.4 is 0 Å². The van der Waals surface area contributed by atoms with Gasteiger partial charge in [-0.2, -0.15) is 0 Å². The third-order valence-electron chi connectivity index (χ3n) is 2.35. The summed E-state index contributed by atoms with van der Waals surface area (Å²) in [4.78, 5) is 17.4. The maximum atomic E-state index is 13.3. The highest BCUT2D eigenvalue weighted by Gasteiger charge is 2.30. The molecule has 0 amide bonds. The lowest BCUT2D eigenvalue weighted by atomic mass is 9.87. The quantitative estimate of drug-likeness (QED) is 0.788. The van der Waals surface area contributed by atoms with E-state index >= 15 is 0 Å². The molecule has 0 aliphatic rings. The van der Waals surface area contributed by atoms with E-state index in [4.69, 9.17) is 9.79 Å². The van der Waals surface area contributed by atoms with Crippen LogP contribution in [0.2, 0.25) is 0 Å². The largest absolute Gasteiger partial charge is 0.363 e. The van der Waals surface area contributed by atoms with Crippen LogP contribution in [-0.2, 0) is 9.98 Å². The second-order valence-electron chi connectivity index (χ2n) is 4.80. The van der Waals surface area contributed by atoms with Gasteiger partial charge >= 0.3 is 7.60 Å². The highest BCUT2D eigenvalue weighted by molar-refractivity contribution is 7.51. The molecule has 0 aliphatic carbocycles. The fourth-order valence-corrected chi connectivity index (χ4v) is 1.90. The van der Waals surface area contributed by atoms with Crippen LogP contribution in [0.15, 0.2) is 24.3 Å². The summed E-state index contributed by atoms with van der Waals surface area (Å²) >= 11 is 0. The molecule has 0 saturated carbocycles. The monoisotopic (exact) mass is 246 g/mol. The van der Waals surface area contributed by atoms with Gasteiger partial charge in [0.15, 0.2) is 0 Å². The molecular formula is C11H16FO3P. The van der Waals surface area contributed by atoms with E-state index in [0.29, 0.717) is 0 Å². The summed E-state index contributed by atoms with van der Waals surface area (Å²) in [6.07, 6.45) is 0. The molecule has 1 unspecified atom stereocenters. The van der Waals surface area contributed by atoms with Crippen LogP contribution in [0.25, 0.3) is 0 Å². The van der Waals surface area contributed by atoms with E-state index in [1.54, 1.807) is 12.1 Å². The highest BCUT2D eigenvalue weighted by atomic mass is 31.2. The first-order chi connectivity index (χ1) is 7.12. The first-order valence-electron chi connectivity index (χ1n) is 4.92. The van der Waals surface area contributed by atoms with E-state index in [2.05, 4.69) is 0 Å². The van der Waals surface area contributed by atoms with Gasteiger partial charge in [0.2, 0.25) is 5.91 Å². The van der Waals surface area contributed by atoms with E-state index in [1.807, 2.05) is 20.8 Å². The van der Waals surface area contributed by atoms with Crippen LogP contribution in [0, 0.1) is 0 Å². The van der Waals surface area contributed by atoms with Gasteiger partial charge in [-0.15, -0.1) is 0 Å². The summed E-state index contributed by atoms with van der Waals surface area (Å²) in [5, 5.41) is 0. The molecule has 1 atom stereocenters. The third-order valence-corrected chi connectivity index (χ3v) is 3.24. The lowest BCUT2D eigenvalue weighted by Crippen LogP contribution is -2.10. The Hall–Kier alpha value is -0.700. The number of benzene rings is 1. The summed E-state index contributed by atoms with van der Waals surface area (Å²) < 4.78 is 24.0. The standard InChI is InChI=1S/C11H16FO3P/c1-11(2,3)9-6-4-8(5-7-9)10(12)16(13,14)15/h4-7,10H,1-3H3,(H2,13,14,15). The zero-order chi connectivity index (χ0) is 12.6. The topological polar surface area (TPSA) is 57.5 Å². The van der Waals surface area contributed by atoms with Crippen LogP contribution in [-0.4, -0.2) is 9.79 Å². The summed E-state index contributed by atoms with van der Waals surface area (Å²) in [6, 6.07) is 6.23. The average Bonchev–Trinajstić information content (AvgIpc) is 2.14.